The molecule has 0 radical (unpaired) electrons. The average molecular weight is 549 g/mol. The Hall–Kier alpha value is -1.52. The third kappa shape index (κ3) is 8.86. The van der Waals surface area contributed by atoms with Crippen molar-refractivity contribution >= 4 is 36.0 Å². The number of halogens is 1. The summed E-state index contributed by atoms with van der Waals surface area (Å²) in [6.45, 7) is 15.7. The van der Waals surface area contributed by atoms with Gasteiger partial charge in [0.2, 0.25) is 0 Å². The zero-order valence-electron chi connectivity index (χ0n) is 20.1. The van der Waals surface area contributed by atoms with Crippen LogP contribution in [0.25, 0.3) is 0 Å². The van der Waals surface area contributed by atoms with Crippen LogP contribution in [-0.4, -0.2) is 65.8 Å². The number of hydrogen-bond acceptors (Lipinski definition) is 5. The Morgan fingerprint density at radius 3 is 2.52 bits per heavy atom. The maximum absolute atomic E-state index is 12.4. The molecule has 1 fully saturated rings. The van der Waals surface area contributed by atoms with E-state index in [0.29, 0.717) is 24.9 Å². The van der Waals surface area contributed by atoms with Crippen LogP contribution >= 0.6 is 24.0 Å². The van der Waals surface area contributed by atoms with Crippen molar-refractivity contribution in [3.05, 3.63) is 17.5 Å². The maximum Gasteiger partial charge on any atom is 0.410 e. The first-order valence-electron chi connectivity index (χ1n) is 11.0. The molecular formula is C22H40IN5O3. The van der Waals surface area contributed by atoms with Crippen molar-refractivity contribution in [2.75, 3.05) is 33.2 Å². The lowest BCUT2D eigenvalue weighted by Gasteiger charge is -2.36. The summed E-state index contributed by atoms with van der Waals surface area (Å²) in [5, 5.41) is 7.48. The summed E-state index contributed by atoms with van der Waals surface area (Å²) in [7, 11) is 1.80. The van der Waals surface area contributed by atoms with Crippen LogP contribution in [0.2, 0.25) is 0 Å². The van der Waals surface area contributed by atoms with Gasteiger partial charge in [-0.2, -0.15) is 0 Å². The second-order valence-electron chi connectivity index (χ2n) is 9.22. The summed E-state index contributed by atoms with van der Waals surface area (Å²) in [5.41, 5.74) is 0.499. The van der Waals surface area contributed by atoms with Gasteiger partial charge in [-0.1, -0.05) is 19.0 Å². The number of carbonyl (C=O) groups is 1. The number of ether oxygens (including phenoxy) is 1. The van der Waals surface area contributed by atoms with Crippen molar-refractivity contribution in [1.82, 2.24) is 20.3 Å². The highest BCUT2D eigenvalue weighted by Crippen LogP contribution is 2.20. The number of piperidine rings is 1. The zero-order chi connectivity index (χ0) is 22.3. The standard InChI is InChI=1S/C22H39N5O3.HI/c1-8-26(21(28)29-22(4,5)6)15-17-9-11-27(12-10-17)20(23-7)24-14-18-13-19(16(2)3)25-30-18;/h13,16-17H,8-12,14-15H2,1-7H3,(H,23,24);1H. The molecule has 9 heteroatoms. The predicted molar refractivity (Wildman–Crippen MR) is 134 cm³/mol. The van der Waals surface area contributed by atoms with Gasteiger partial charge in [-0.15, -0.1) is 24.0 Å². The van der Waals surface area contributed by atoms with Gasteiger partial charge in [-0.05, 0) is 52.4 Å². The lowest BCUT2D eigenvalue weighted by molar-refractivity contribution is 0.0214. The molecule has 0 aliphatic carbocycles. The van der Waals surface area contributed by atoms with E-state index in [-0.39, 0.29) is 30.1 Å². The smallest absolute Gasteiger partial charge is 0.410 e. The molecule has 0 aromatic carbocycles. The Morgan fingerprint density at radius 1 is 1.39 bits per heavy atom. The highest BCUT2D eigenvalue weighted by Gasteiger charge is 2.27. The van der Waals surface area contributed by atoms with Crippen molar-refractivity contribution in [3.8, 4) is 0 Å². The Balaban J connectivity index is 0.00000480. The van der Waals surface area contributed by atoms with E-state index in [4.69, 9.17) is 9.26 Å². The first kappa shape index (κ1) is 27.5. The molecule has 1 aromatic rings. The van der Waals surface area contributed by atoms with Crippen LogP contribution in [0.3, 0.4) is 0 Å². The molecular weight excluding hydrogens is 509 g/mol. The van der Waals surface area contributed by atoms with Crippen LogP contribution in [0.1, 0.15) is 71.8 Å². The molecule has 0 saturated carbocycles. The molecule has 1 saturated heterocycles. The first-order valence-corrected chi connectivity index (χ1v) is 11.0. The Bertz CT molecular complexity index is 706. The number of rotatable bonds is 6. The van der Waals surface area contributed by atoms with Crippen LogP contribution in [0.4, 0.5) is 4.79 Å². The van der Waals surface area contributed by atoms with Crippen LogP contribution in [0.15, 0.2) is 15.6 Å². The number of amides is 1. The average Bonchev–Trinajstić information content (AvgIpc) is 3.15. The third-order valence-electron chi connectivity index (χ3n) is 5.23. The summed E-state index contributed by atoms with van der Waals surface area (Å²) in [6.07, 6.45) is 1.80. The molecule has 1 amide bonds. The highest BCUT2D eigenvalue weighted by molar-refractivity contribution is 14.0. The van der Waals surface area contributed by atoms with Crippen molar-refractivity contribution in [2.24, 2.45) is 10.9 Å². The number of guanidine groups is 1. The van der Waals surface area contributed by atoms with Crippen LogP contribution in [0, 0.1) is 5.92 Å². The molecule has 31 heavy (non-hydrogen) atoms. The number of nitrogens with zero attached hydrogens (tertiary/aromatic N) is 4. The van der Waals surface area contributed by atoms with E-state index in [9.17, 15) is 4.79 Å². The largest absolute Gasteiger partial charge is 0.444 e. The van der Waals surface area contributed by atoms with E-state index in [0.717, 1.165) is 49.9 Å². The van der Waals surface area contributed by atoms with Gasteiger partial charge in [0, 0.05) is 39.3 Å². The Morgan fingerprint density at radius 2 is 2.03 bits per heavy atom. The first-order chi connectivity index (χ1) is 14.1. The summed E-state index contributed by atoms with van der Waals surface area (Å²) in [5.74, 6) is 2.50. The summed E-state index contributed by atoms with van der Waals surface area (Å²) >= 11 is 0. The topological polar surface area (TPSA) is 83.2 Å². The van der Waals surface area contributed by atoms with Gasteiger partial charge in [-0.3, -0.25) is 4.99 Å². The fourth-order valence-electron chi connectivity index (χ4n) is 3.48. The number of aromatic nitrogens is 1. The van der Waals surface area contributed by atoms with E-state index >= 15 is 0 Å². The molecule has 0 spiro atoms. The number of nitrogens with one attached hydrogen (secondary N) is 1. The lowest BCUT2D eigenvalue weighted by Crippen LogP contribution is -2.47. The minimum absolute atomic E-state index is 0. The van der Waals surface area contributed by atoms with E-state index in [2.05, 4.69) is 34.2 Å². The van der Waals surface area contributed by atoms with Crippen LogP contribution in [-0.2, 0) is 11.3 Å². The number of likely N-dealkylation sites (tertiary alicyclic amines) is 1. The summed E-state index contributed by atoms with van der Waals surface area (Å²) in [6, 6.07) is 1.99. The maximum atomic E-state index is 12.4. The molecule has 0 unspecified atom stereocenters. The Kier molecular flexibility index (Phi) is 11.1. The molecule has 0 bridgehead atoms. The van der Waals surface area contributed by atoms with Gasteiger partial charge in [-0.25, -0.2) is 4.79 Å². The molecule has 178 valence electrons. The summed E-state index contributed by atoms with van der Waals surface area (Å²) in [4.78, 5) is 20.9. The number of aliphatic imine (C=N–C) groups is 1. The van der Waals surface area contributed by atoms with E-state index in [1.165, 1.54) is 0 Å². The SMILES string of the molecule is CCN(CC1CCN(C(=NC)NCc2cc(C(C)C)no2)CC1)C(=O)OC(C)(C)C.I. The third-order valence-corrected chi connectivity index (χ3v) is 5.23. The van der Waals surface area contributed by atoms with Gasteiger partial charge >= 0.3 is 6.09 Å². The van der Waals surface area contributed by atoms with E-state index in [1.807, 2.05) is 38.7 Å². The minimum atomic E-state index is -0.467. The molecule has 2 rings (SSSR count). The molecule has 1 aliphatic heterocycles. The van der Waals surface area contributed by atoms with Crippen molar-refractivity contribution in [3.63, 3.8) is 0 Å². The highest BCUT2D eigenvalue weighted by atomic mass is 127. The minimum Gasteiger partial charge on any atom is -0.444 e. The van der Waals surface area contributed by atoms with Crippen molar-refractivity contribution in [1.29, 1.82) is 0 Å². The summed E-state index contributed by atoms with van der Waals surface area (Å²) < 4.78 is 10.9. The molecule has 8 nitrogen and oxygen atoms in total. The van der Waals surface area contributed by atoms with E-state index in [1.54, 1.807) is 7.05 Å². The number of carbonyl (C=O) groups excluding carboxylic acids is 1. The van der Waals surface area contributed by atoms with Crippen molar-refractivity contribution < 1.29 is 14.1 Å². The molecule has 1 aliphatic rings. The van der Waals surface area contributed by atoms with Gasteiger partial charge in [0.15, 0.2) is 11.7 Å². The monoisotopic (exact) mass is 549 g/mol. The van der Waals surface area contributed by atoms with E-state index < -0.39 is 5.60 Å². The van der Waals surface area contributed by atoms with Gasteiger partial charge in [0.05, 0.1) is 12.2 Å². The molecule has 0 atom stereocenters. The fraction of sp³-hybridized carbons (Fsp3) is 0.773. The quantitative estimate of drug-likeness (QED) is 0.321. The normalized spacial score (nSPS) is 15.6. The molecule has 1 aromatic heterocycles. The van der Waals surface area contributed by atoms with Crippen molar-refractivity contribution in [2.45, 2.75) is 72.4 Å². The van der Waals surface area contributed by atoms with Crippen LogP contribution < -0.4 is 5.32 Å². The van der Waals surface area contributed by atoms with Gasteiger partial charge in [0.25, 0.3) is 0 Å². The fourth-order valence-corrected chi connectivity index (χ4v) is 3.48. The second kappa shape index (κ2) is 12.5. The van der Waals surface area contributed by atoms with Crippen LogP contribution in [0.5, 0.6) is 0 Å². The number of hydrogen-bond donors (Lipinski definition) is 1. The molecule has 1 N–H and O–H groups in total. The van der Waals surface area contributed by atoms with Gasteiger partial charge in [0.1, 0.15) is 5.60 Å². The Labute approximate surface area is 204 Å². The lowest BCUT2D eigenvalue weighted by atomic mass is 9.96. The predicted octanol–water partition coefficient (Wildman–Crippen LogP) is 4.46. The molecule has 2 heterocycles. The van der Waals surface area contributed by atoms with Gasteiger partial charge < -0.3 is 24.4 Å². The second-order valence-corrected chi connectivity index (χ2v) is 9.22. The zero-order valence-corrected chi connectivity index (χ0v) is 22.4.